The fourth-order valence-corrected chi connectivity index (χ4v) is 2.74. The summed E-state index contributed by atoms with van der Waals surface area (Å²) in [6.45, 7) is 5.22. The van der Waals surface area contributed by atoms with Crippen LogP contribution in [0.25, 0.3) is 11.5 Å². The van der Waals surface area contributed by atoms with E-state index in [1.165, 1.54) is 51.4 Å². The molecule has 2 aromatic rings. The number of aromatic nitrogens is 3. The molecule has 0 saturated carbocycles. The minimum absolute atomic E-state index is 0.689. The molecule has 0 amide bonds. The summed E-state index contributed by atoms with van der Waals surface area (Å²) in [5.74, 6) is 1.58. The van der Waals surface area contributed by atoms with E-state index in [1.54, 1.807) is 6.20 Å². The molecule has 0 aromatic carbocycles. The van der Waals surface area contributed by atoms with E-state index in [0.717, 1.165) is 23.8 Å². The second-order valence-corrected chi connectivity index (χ2v) is 6.33. The van der Waals surface area contributed by atoms with Gasteiger partial charge in [-0.15, -0.1) is 0 Å². The zero-order valence-electron chi connectivity index (χ0n) is 15.1. The third-order valence-electron chi connectivity index (χ3n) is 4.08. The van der Waals surface area contributed by atoms with Gasteiger partial charge in [-0.05, 0) is 25.5 Å². The van der Waals surface area contributed by atoms with Crippen molar-refractivity contribution in [3.63, 3.8) is 0 Å². The van der Waals surface area contributed by atoms with Gasteiger partial charge in [-0.1, -0.05) is 57.9 Å². The molecule has 0 spiro atoms. The second-order valence-electron chi connectivity index (χ2n) is 6.33. The number of nitrogens with one attached hydrogen (secondary N) is 1. The third-order valence-corrected chi connectivity index (χ3v) is 4.08. The summed E-state index contributed by atoms with van der Waals surface area (Å²) in [7, 11) is 0. The summed E-state index contributed by atoms with van der Waals surface area (Å²) in [6, 6.07) is 7.80. The molecule has 4 heteroatoms. The van der Waals surface area contributed by atoms with E-state index in [4.69, 9.17) is 0 Å². The Hall–Kier alpha value is -1.97. The van der Waals surface area contributed by atoms with Crippen molar-refractivity contribution in [3.8, 4) is 11.5 Å². The Morgan fingerprint density at radius 3 is 2.38 bits per heavy atom. The largest absolute Gasteiger partial charge is 0.370 e. The van der Waals surface area contributed by atoms with Gasteiger partial charge in [0.25, 0.3) is 0 Å². The zero-order valence-corrected chi connectivity index (χ0v) is 15.1. The SMILES string of the molecule is CCCCCCCCCCNc1cc(C)nc(-c2ccccn2)n1. The normalized spacial score (nSPS) is 10.8. The molecule has 2 rings (SSSR count). The lowest BCUT2D eigenvalue weighted by Gasteiger charge is -2.08. The van der Waals surface area contributed by atoms with E-state index in [1.807, 2.05) is 31.2 Å². The Morgan fingerprint density at radius 2 is 1.67 bits per heavy atom. The predicted molar refractivity (Wildman–Crippen MR) is 101 cm³/mol. The summed E-state index contributed by atoms with van der Waals surface area (Å²) in [6.07, 6.45) is 12.4. The minimum atomic E-state index is 0.689. The molecule has 0 aliphatic rings. The number of rotatable bonds is 11. The van der Waals surface area contributed by atoms with Crippen molar-refractivity contribution in [1.29, 1.82) is 0 Å². The quantitative estimate of drug-likeness (QED) is 0.562. The summed E-state index contributed by atoms with van der Waals surface area (Å²) in [5, 5.41) is 3.43. The Labute approximate surface area is 146 Å². The lowest BCUT2D eigenvalue weighted by molar-refractivity contribution is 0.581. The van der Waals surface area contributed by atoms with Crippen LogP contribution in [0.4, 0.5) is 5.82 Å². The number of unbranched alkanes of at least 4 members (excludes halogenated alkanes) is 7. The number of hydrogen-bond donors (Lipinski definition) is 1. The Balaban J connectivity index is 1.72. The van der Waals surface area contributed by atoms with Crippen LogP contribution < -0.4 is 5.32 Å². The van der Waals surface area contributed by atoms with Crippen LogP contribution in [-0.2, 0) is 0 Å². The van der Waals surface area contributed by atoms with Gasteiger partial charge in [0.1, 0.15) is 11.5 Å². The molecule has 2 aromatic heterocycles. The van der Waals surface area contributed by atoms with Crippen LogP contribution in [-0.4, -0.2) is 21.5 Å². The third kappa shape index (κ3) is 6.65. The summed E-state index contributed by atoms with van der Waals surface area (Å²) < 4.78 is 0. The van der Waals surface area contributed by atoms with E-state index in [0.29, 0.717) is 5.82 Å². The van der Waals surface area contributed by atoms with E-state index < -0.39 is 0 Å². The molecule has 0 radical (unpaired) electrons. The first-order chi connectivity index (χ1) is 11.8. The van der Waals surface area contributed by atoms with Gasteiger partial charge in [-0.3, -0.25) is 4.98 Å². The standard InChI is InChI=1S/C20H30N4/c1-3-4-5-6-7-8-9-11-15-22-19-16-17(2)23-20(24-19)18-13-10-12-14-21-18/h10,12-14,16H,3-9,11,15H2,1-2H3,(H,22,23,24). The first-order valence-corrected chi connectivity index (χ1v) is 9.30. The maximum Gasteiger partial charge on any atom is 0.180 e. The van der Waals surface area contributed by atoms with Gasteiger partial charge in [0.15, 0.2) is 5.82 Å². The number of nitrogens with zero attached hydrogens (tertiary/aromatic N) is 3. The second kappa shape index (κ2) is 10.7. The average Bonchev–Trinajstić information content (AvgIpc) is 2.60. The van der Waals surface area contributed by atoms with Gasteiger partial charge in [-0.2, -0.15) is 0 Å². The molecule has 0 aliphatic carbocycles. The van der Waals surface area contributed by atoms with Crippen molar-refractivity contribution in [2.45, 2.75) is 65.2 Å². The highest BCUT2D eigenvalue weighted by Crippen LogP contribution is 2.15. The zero-order chi connectivity index (χ0) is 17.0. The maximum absolute atomic E-state index is 4.59. The lowest BCUT2D eigenvalue weighted by atomic mass is 10.1. The average molecular weight is 326 g/mol. The van der Waals surface area contributed by atoms with Gasteiger partial charge in [-0.25, -0.2) is 9.97 Å². The van der Waals surface area contributed by atoms with Crippen molar-refractivity contribution in [2.75, 3.05) is 11.9 Å². The van der Waals surface area contributed by atoms with E-state index >= 15 is 0 Å². The van der Waals surface area contributed by atoms with Crippen molar-refractivity contribution in [1.82, 2.24) is 15.0 Å². The van der Waals surface area contributed by atoms with Crippen LogP contribution >= 0.6 is 0 Å². The van der Waals surface area contributed by atoms with Crippen LogP contribution in [0.2, 0.25) is 0 Å². The van der Waals surface area contributed by atoms with Crippen molar-refractivity contribution in [3.05, 3.63) is 36.2 Å². The molecule has 130 valence electrons. The fraction of sp³-hybridized carbons (Fsp3) is 0.550. The highest BCUT2D eigenvalue weighted by molar-refractivity contribution is 5.52. The minimum Gasteiger partial charge on any atom is -0.370 e. The molecular weight excluding hydrogens is 296 g/mol. The van der Waals surface area contributed by atoms with Crippen LogP contribution in [0, 0.1) is 6.92 Å². The van der Waals surface area contributed by atoms with Crippen LogP contribution in [0.5, 0.6) is 0 Å². The first-order valence-electron chi connectivity index (χ1n) is 9.30. The van der Waals surface area contributed by atoms with Gasteiger partial charge in [0, 0.05) is 24.5 Å². The molecule has 0 aliphatic heterocycles. The molecule has 0 atom stereocenters. The van der Waals surface area contributed by atoms with E-state index in [2.05, 4.69) is 27.2 Å². The van der Waals surface area contributed by atoms with Gasteiger partial charge in [0.05, 0.1) is 0 Å². The van der Waals surface area contributed by atoms with Crippen molar-refractivity contribution in [2.24, 2.45) is 0 Å². The molecule has 0 saturated heterocycles. The Bertz CT molecular complexity index is 583. The van der Waals surface area contributed by atoms with Crippen LogP contribution in [0.15, 0.2) is 30.5 Å². The predicted octanol–water partition coefficient (Wildman–Crippen LogP) is 5.40. The number of aryl methyl sites for hydroxylation is 1. The Morgan fingerprint density at radius 1 is 0.917 bits per heavy atom. The molecule has 0 bridgehead atoms. The number of hydrogen-bond acceptors (Lipinski definition) is 4. The molecule has 0 unspecified atom stereocenters. The summed E-state index contributed by atoms with van der Waals surface area (Å²) in [4.78, 5) is 13.4. The number of pyridine rings is 1. The van der Waals surface area contributed by atoms with E-state index in [9.17, 15) is 0 Å². The highest BCUT2D eigenvalue weighted by Gasteiger charge is 2.05. The smallest absolute Gasteiger partial charge is 0.180 e. The lowest BCUT2D eigenvalue weighted by Crippen LogP contribution is -2.05. The molecular formula is C20H30N4. The van der Waals surface area contributed by atoms with E-state index in [-0.39, 0.29) is 0 Å². The van der Waals surface area contributed by atoms with Gasteiger partial charge in [0.2, 0.25) is 0 Å². The van der Waals surface area contributed by atoms with Gasteiger partial charge >= 0.3 is 0 Å². The molecule has 2 heterocycles. The monoisotopic (exact) mass is 326 g/mol. The topological polar surface area (TPSA) is 50.7 Å². The van der Waals surface area contributed by atoms with Crippen LogP contribution in [0.1, 0.15) is 64.0 Å². The molecule has 0 fully saturated rings. The van der Waals surface area contributed by atoms with Crippen molar-refractivity contribution < 1.29 is 0 Å². The Kier molecular flexibility index (Phi) is 8.22. The molecule has 4 nitrogen and oxygen atoms in total. The maximum atomic E-state index is 4.59. The summed E-state index contributed by atoms with van der Waals surface area (Å²) >= 11 is 0. The molecule has 24 heavy (non-hydrogen) atoms. The highest BCUT2D eigenvalue weighted by atomic mass is 15.0. The fourth-order valence-electron chi connectivity index (χ4n) is 2.74. The number of anilines is 1. The van der Waals surface area contributed by atoms with Crippen molar-refractivity contribution >= 4 is 5.82 Å². The van der Waals surface area contributed by atoms with Crippen LogP contribution in [0.3, 0.4) is 0 Å². The summed E-state index contributed by atoms with van der Waals surface area (Å²) in [5.41, 5.74) is 1.78. The first kappa shape index (κ1) is 18.4. The van der Waals surface area contributed by atoms with Gasteiger partial charge < -0.3 is 5.32 Å². The molecule has 1 N–H and O–H groups in total.